The highest BCUT2D eigenvalue weighted by molar-refractivity contribution is 4.59. The number of rotatable bonds is 33. The van der Waals surface area contributed by atoms with Crippen molar-refractivity contribution in [3.63, 3.8) is 0 Å². The zero-order valence-electron chi connectivity index (χ0n) is 26.2. The monoisotopic (exact) mass is 540 g/mol. The Morgan fingerprint density at radius 3 is 0.842 bits per heavy atom. The normalized spacial score (nSPS) is 12.2. The van der Waals surface area contributed by atoms with Crippen molar-refractivity contribution in [1.82, 2.24) is 0 Å². The second kappa shape index (κ2) is 32.4. The van der Waals surface area contributed by atoms with Gasteiger partial charge >= 0.3 is 0 Å². The lowest BCUT2D eigenvalue weighted by atomic mass is 10.0. The van der Waals surface area contributed by atoms with Crippen LogP contribution in [0.4, 0.5) is 0 Å². The lowest BCUT2D eigenvalue weighted by Crippen LogP contribution is -2.17. The van der Waals surface area contributed by atoms with Crippen LogP contribution in [0.15, 0.2) is 0 Å². The molecule has 0 bridgehead atoms. The van der Waals surface area contributed by atoms with E-state index in [0.717, 1.165) is 25.7 Å². The van der Waals surface area contributed by atoms with Crippen LogP contribution in [0.1, 0.15) is 213 Å². The predicted octanol–water partition coefficient (Wildman–Crippen LogP) is 12.7. The molecule has 0 aliphatic rings. The molecule has 0 radical (unpaired) electrons. The van der Waals surface area contributed by atoms with Gasteiger partial charge in [-0.25, -0.2) is 0 Å². The van der Waals surface area contributed by atoms with Gasteiger partial charge < -0.3 is 4.84 Å². The summed E-state index contributed by atoms with van der Waals surface area (Å²) in [5.41, 5.74) is 0. The highest BCUT2D eigenvalue weighted by Gasteiger charge is 2.12. The van der Waals surface area contributed by atoms with Crippen LogP contribution in [0.5, 0.6) is 0 Å². The molecular formula is C34H69NO3. The molecule has 0 spiro atoms. The summed E-state index contributed by atoms with van der Waals surface area (Å²) in [5, 5.41) is 10.3. The van der Waals surface area contributed by atoms with E-state index in [4.69, 9.17) is 4.84 Å². The fraction of sp³-hybridized carbons (Fsp3) is 1.00. The van der Waals surface area contributed by atoms with Crippen molar-refractivity contribution >= 4 is 0 Å². The quantitative estimate of drug-likeness (QED) is 0.0473. The van der Waals surface area contributed by atoms with Crippen molar-refractivity contribution in [3.8, 4) is 0 Å². The molecule has 4 nitrogen and oxygen atoms in total. The van der Waals surface area contributed by atoms with E-state index in [9.17, 15) is 10.1 Å². The van der Waals surface area contributed by atoms with Crippen LogP contribution >= 0.6 is 0 Å². The van der Waals surface area contributed by atoms with Gasteiger partial charge in [-0.1, -0.05) is 200 Å². The molecule has 0 rings (SSSR count). The number of nitrogens with zero attached hydrogens (tertiary/aromatic N) is 1. The van der Waals surface area contributed by atoms with Gasteiger partial charge in [-0.2, -0.15) is 0 Å². The van der Waals surface area contributed by atoms with Gasteiger partial charge in [-0.05, 0) is 12.8 Å². The minimum absolute atomic E-state index is 0.190. The van der Waals surface area contributed by atoms with E-state index in [2.05, 4.69) is 13.8 Å². The first kappa shape index (κ1) is 37.2. The first-order valence-electron chi connectivity index (χ1n) is 17.5. The minimum Gasteiger partial charge on any atom is -0.311 e. The topological polar surface area (TPSA) is 52.4 Å². The van der Waals surface area contributed by atoms with E-state index < -0.39 is 5.09 Å². The second-order valence-corrected chi connectivity index (χ2v) is 12.1. The van der Waals surface area contributed by atoms with Gasteiger partial charge in [0.05, 0.1) is 0 Å². The first-order chi connectivity index (χ1) is 18.7. The van der Waals surface area contributed by atoms with E-state index in [1.807, 2.05) is 0 Å². The van der Waals surface area contributed by atoms with Crippen molar-refractivity contribution in [2.24, 2.45) is 0 Å². The van der Waals surface area contributed by atoms with Crippen LogP contribution < -0.4 is 0 Å². The Balaban J connectivity index is 3.48. The van der Waals surface area contributed by atoms with Gasteiger partial charge in [0.25, 0.3) is 5.09 Å². The number of hydrogen-bond acceptors (Lipinski definition) is 3. The molecule has 38 heavy (non-hydrogen) atoms. The summed E-state index contributed by atoms with van der Waals surface area (Å²) in [7, 11) is 0. The van der Waals surface area contributed by atoms with Crippen molar-refractivity contribution in [2.45, 2.75) is 219 Å². The Kier molecular flexibility index (Phi) is 31.7. The fourth-order valence-corrected chi connectivity index (χ4v) is 5.68. The van der Waals surface area contributed by atoms with Crippen molar-refractivity contribution in [1.29, 1.82) is 0 Å². The standard InChI is InChI=1S/C34H69NO3/c1-3-5-7-9-11-13-15-17-18-19-21-23-25-27-29-31-33-34(38-35(36)37)32-30-28-26-24-22-20-16-14-12-10-8-6-4-2/h34H,3-33H2,1-2H3. The largest absolute Gasteiger partial charge is 0.311 e. The van der Waals surface area contributed by atoms with Gasteiger partial charge in [-0.15, -0.1) is 10.1 Å². The Bertz CT molecular complexity index is 457. The number of hydrogen-bond donors (Lipinski definition) is 0. The maximum absolute atomic E-state index is 10.9. The highest BCUT2D eigenvalue weighted by Crippen LogP contribution is 2.18. The third kappa shape index (κ3) is 31.4. The van der Waals surface area contributed by atoms with E-state index >= 15 is 0 Å². The molecule has 0 aromatic heterocycles. The Morgan fingerprint density at radius 2 is 0.632 bits per heavy atom. The maximum Gasteiger partial charge on any atom is 0.294 e. The Labute approximate surface area is 239 Å². The third-order valence-electron chi connectivity index (χ3n) is 8.24. The summed E-state index contributed by atoms with van der Waals surface area (Å²) in [4.78, 5) is 15.9. The van der Waals surface area contributed by atoms with Crippen molar-refractivity contribution < 1.29 is 9.92 Å². The summed E-state index contributed by atoms with van der Waals surface area (Å²) in [5.74, 6) is 0. The maximum atomic E-state index is 10.9. The lowest BCUT2D eigenvalue weighted by molar-refractivity contribution is -0.769. The molecule has 0 aliphatic heterocycles. The molecule has 0 saturated heterocycles. The van der Waals surface area contributed by atoms with Crippen LogP contribution in [0.25, 0.3) is 0 Å². The first-order valence-corrected chi connectivity index (χ1v) is 17.5. The summed E-state index contributed by atoms with van der Waals surface area (Å²) >= 11 is 0. The zero-order valence-corrected chi connectivity index (χ0v) is 26.2. The molecule has 0 aromatic carbocycles. The zero-order chi connectivity index (χ0) is 27.8. The molecule has 0 N–H and O–H groups in total. The van der Waals surface area contributed by atoms with Crippen LogP contribution in [-0.4, -0.2) is 11.2 Å². The molecule has 1 unspecified atom stereocenters. The van der Waals surface area contributed by atoms with Gasteiger partial charge in [0, 0.05) is 0 Å². The molecule has 0 aliphatic carbocycles. The van der Waals surface area contributed by atoms with E-state index in [1.165, 1.54) is 173 Å². The van der Waals surface area contributed by atoms with E-state index in [1.54, 1.807) is 0 Å². The molecule has 1 atom stereocenters. The summed E-state index contributed by atoms with van der Waals surface area (Å²) in [6.45, 7) is 4.56. The molecule has 0 fully saturated rings. The van der Waals surface area contributed by atoms with Gasteiger partial charge in [-0.3, -0.25) is 0 Å². The Hall–Kier alpha value is -0.800. The highest BCUT2D eigenvalue weighted by atomic mass is 17.0. The van der Waals surface area contributed by atoms with Crippen LogP contribution in [0, 0.1) is 10.1 Å². The van der Waals surface area contributed by atoms with Crippen molar-refractivity contribution in [3.05, 3.63) is 10.1 Å². The molecule has 0 amide bonds. The Morgan fingerprint density at radius 1 is 0.421 bits per heavy atom. The number of unbranched alkanes of at least 4 members (excludes halogenated alkanes) is 27. The molecular weight excluding hydrogens is 470 g/mol. The van der Waals surface area contributed by atoms with Gasteiger partial charge in [0.2, 0.25) is 0 Å². The SMILES string of the molecule is CCCCCCCCCCCCCCCCCCC(CCCCCCCCCCCCCCC)O[N+](=O)[O-]. The lowest BCUT2D eigenvalue weighted by Gasteiger charge is -2.14. The molecule has 0 aromatic rings. The summed E-state index contributed by atoms with van der Waals surface area (Å²) < 4.78 is 0. The summed E-state index contributed by atoms with van der Waals surface area (Å²) in [6.07, 6.45) is 40.5. The molecule has 4 heteroatoms. The average Bonchev–Trinajstić information content (AvgIpc) is 2.90. The van der Waals surface area contributed by atoms with Crippen LogP contribution in [0.3, 0.4) is 0 Å². The fourth-order valence-electron chi connectivity index (χ4n) is 5.68. The van der Waals surface area contributed by atoms with Gasteiger partial charge in [0.15, 0.2) is 0 Å². The van der Waals surface area contributed by atoms with Crippen LogP contribution in [0.2, 0.25) is 0 Å². The molecule has 0 heterocycles. The molecule has 0 saturated carbocycles. The van der Waals surface area contributed by atoms with Gasteiger partial charge in [0.1, 0.15) is 6.10 Å². The van der Waals surface area contributed by atoms with E-state index in [-0.39, 0.29) is 6.10 Å². The minimum atomic E-state index is -0.570. The van der Waals surface area contributed by atoms with Crippen molar-refractivity contribution in [2.75, 3.05) is 0 Å². The average molecular weight is 540 g/mol. The van der Waals surface area contributed by atoms with Crippen LogP contribution in [-0.2, 0) is 4.84 Å². The second-order valence-electron chi connectivity index (χ2n) is 12.1. The third-order valence-corrected chi connectivity index (χ3v) is 8.24. The van der Waals surface area contributed by atoms with E-state index in [0.29, 0.717) is 0 Å². The summed E-state index contributed by atoms with van der Waals surface area (Å²) in [6, 6.07) is 0. The molecule has 228 valence electrons. The smallest absolute Gasteiger partial charge is 0.294 e. The predicted molar refractivity (Wildman–Crippen MR) is 166 cm³/mol.